The number of carbonyl (C=O) groups excluding carboxylic acids is 1. The number of aromatic amines is 1. The monoisotopic (exact) mass is 372 g/mol. The molecule has 2 N–H and O–H groups in total. The fourth-order valence-corrected chi connectivity index (χ4v) is 2.34. The minimum atomic E-state index is -0.323. The Kier molecular flexibility index (Phi) is 7.52. The SMILES string of the molecule is CC[C@@H](C)Oc1ccc(-c2nnc(CCC(=O)N[C@@H](C)CC)c(=O)[nH]2)cc1. The Morgan fingerprint density at radius 2 is 1.85 bits per heavy atom. The molecule has 2 aromatic rings. The lowest BCUT2D eigenvalue weighted by Gasteiger charge is -2.12. The van der Waals surface area contributed by atoms with E-state index in [1.165, 1.54) is 0 Å². The first-order chi connectivity index (χ1) is 12.9. The van der Waals surface area contributed by atoms with Gasteiger partial charge in [0.05, 0.1) is 6.10 Å². The quantitative estimate of drug-likeness (QED) is 0.705. The highest BCUT2D eigenvalue weighted by Crippen LogP contribution is 2.19. The molecule has 0 radical (unpaired) electrons. The molecule has 0 unspecified atom stereocenters. The van der Waals surface area contributed by atoms with Gasteiger partial charge in [-0.2, -0.15) is 0 Å². The van der Waals surface area contributed by atoms with E-state index in [0.717, 1.165) is 24.2 Å². The highest BCUT2D eigenvalue weighted by atomic mass is 16.5. The molecule has 0 aliphatic heterocycles. The molecule has 1 aromatic carbocycles. The van der Waals surface area contributed by atoms with Crippen LogP contribution in [0.3, 0.4) is 0 Å². The van der Waals surface area contributed by atoms with Crippen molar-refractivity contribution in [1.82, 2.24) is 20.5 Å². The summed E-state index contributed by atoms with van der Waals surface area (Å²) in [6.45, 7) is 8.02. The molecule has 0 bridgehead atoms. The number of nitrogens with one attached hydrogen (secondary N) is 2. The van der Waals surface area contributed by atoms with Gasteiger partial charge in [0.15, 0.2) is 5.82 Å². The number of H-pyrrole nitrogens is 1. The topological polar surface area (TPSA) is 97.0 Å². The Labute approximate surface area is 159 Å². The number of amides is 1. The van der Waals surface area contributed by atoms with Gasteiger partial charge in [-0.15, -0.1) is 10.2 Å². The zero-order valence-corrected chi connectivity index (χ0v) is 16.4. The van der Waals surface area contributed by atoms with Crippen LogP contribution in [0, 0.1) is 0 Å². The number of carbonyl (C=O) groups is 1. The molecule has 1 amide bonds. The molecule has 1 heterocycles. The number of hydrogen-bond acceptors (Lipinski definition) is 5. The van der Waals surface area contributed by atoms with Crippen molar-refractivity contribution in [2.75, 3.05) is 0 Å². The number of rotatable bonds is 9. The summed E-state index contributed by atoms with van der Waals surface area (Å²) in [7, 11) is 0. The Morgan fingerprint density at radius 1 is 1.15 bits per heavy atom. The molecule has 0 aliphatic rings. The minimum absolute atomic E-state index is 0.0912. The molecule has 0 saturated carbocycles. The Balaban J connectivity index is 2.01. The van der Waals surface area contributed by atoms with E-state index in [1.54, 1.807) is 0 Å². The smallest absolute Gasteiger partial charge is 0.273 e. The van der Waals surface area contributed by atoms with Crippen molar-refractivity contribution < 1.29 is 9.53 Å². The molecule has 0 aliphatic carbocycles. The predicted molar refractivity (Wildman–Crippen MR) is 105 cm³/mol. The highest BCUT2D eigenvalue weighted by Gasteiger charge is 2.11. The zero-order valence-electron chi connectivity index (χ0n) is 16.4. The molecule has 1 aromatic heterocycles. The van der Waals surface area contributed by atoms with Crippen LogP contribution in [0.2, 0.25) is 0 Å². The van der Waals surface area contributed by atoms with Crippen LogP contribution in [0.5, 0.6) is 5.75 Å². The van der Waals surface area contributed by atoms with Gasteiger partial charge in [-0.1, -0.05) is 13.8 Å². The van der Waals surface area contributed by atoms with Crippen LogP contribution in [0.4, 0.5) is 0 Å². The van der Waals surface area contributed by atoms with E-state index < -0.39 is 0 Å². The molecule has 146 valence electrons. The third kappa shape index (κ3) is 6.20. The van der Waals surface area contributed by atoms with Crippen LogP contribution < -0.4 is 15.6 Å². The lowest BCUT2D eigenvalue weighted by atomic mass is 10.2. The maximum atomic E-state index is 12.2. The van der Waals surface area contributed by atoms with Crippen molar-refractivity contribution in [3.05, 3.63) is 40.3 Å². The van der Waals surface area contributed by atoms with Gasteiger partial charge >= 0.3 is 0 Å². The fraction of sp³-hybridized carbons (Fsp3) is 0.500. The number of benzene rings is 1. The summed E-state index contributed by atoms with van der Waals surface area (Å²) in [5.74, 6) is 1.07. The van der Waals surface area contributed by atoms with Crippen molar-refractivity contribution in [2.24, 2.45) is 0 Å². The summed E-state index contributed by atoms with van der Waals surface area (Å²) in [4.78, 5) is 26.8. The minimum Gasteiger partial charge on any atom is -0.491 e. The van der Waals surface area contributed by atoms with E-state index in [1.807, 2.05) is 45.0 Å². The lowest BCUT2D eigenvalue weighted by molar-refractivity contribution is -0.121. The fourth-order valence-electron chi connectivity index (χ4n) is 2.34. The third-order valence-electron chi connectivity index (χ3n) is 4.41. The second kappa shape index (κ2) is 9.85. The first-order valence-electron chi connectivity index (χ1n) is 9.45. The van der Waals surface area contributed by atoms with E-state index in [-0.39, 0.29) is 42.1 Å². The molecule has 2 rings (SSSR count). The zero-order chi connectivity index (χ0) is 19.8. The van der Waals surface area contributed by atoms with Crippen molar-refractivity contribution in [3.8, 4) is 17.1 Å². The maximum Gasteiger partial charge on any atom is 0.273 e. The second-order valence-corrected chi connectivity index (χ2v) is 6.69. The van der Waals surface area contributed by atoms with Crippen LogP contribution in [0.25, 0.3) is 11.4 Å². The summed E-state index contributed by atoms with van der Waals surface area (Å²) >= 11 is 0. The van der Waals surface area contributed by atoms with Crippen molar-refractivity contribution in [3.63, 3.8) is 0 Å². The Bertz CT molecular complexity index is 802. The van der Waals surface area contributed by atoms with Gasteiger partial charge in [0, 0.05) is 24.4 Å². The van der Waals surface area contributed by atoms with E-state index in [2.05, 4.69) is 27.4 Å². The number of hydrogen-bond donors (Lipinski definition) is 2. The normalized spacial score (nSPS) is 13.0. The third-order valence-corrected chi connectivity index (χ3v) is 4.41. The van der Waals surface area contributed by atoms with Crippen LogP contribution in [0.15, 0.2) is 29.1 Å². The molecule has 27 heavy (non-hydrogen) atoms. The lowest BCUT2D eigenvalue weighted by Crippen LogP contribution is -2.32. The number of ether oxygens (including phenoxy) is 1. The summed E-state index contributed by atoms with van der Waals surface area (Å²) in [5.41, 5.74) is 0.684. The van der Waals surface area contributed by atoms with E-state index >= 15 is 0 Å². The van der Waals surface area contributed by atoms with E-state index in [4.69, 9.17) is 4.74 Å². The van der Waals surface area contributed by atoms with Crippen molar-refractivity contribution in [2.45, 2.75) is 65.5 Å². The van der Waals surface area contributed by atoms with Crippen LogP contribution in [0.1, 0.15) is 52.7 Å². The van der Waals surface area contributed by atoms with Gasteiger partial charge in [-0.3, -0.25) is 9.59 Å². The highest BCUT2D eigenvalue weighted by molar-refractivity contribution is 5.76. The molecule has 0 saturated heterocycles. The molecular formula is C20H28N4O3. The summed E-state index contributed by atoms with van der Waals surface area (Å²) < 4.78 is 5.74. The first-order valence-corrected chi connectivity index (χ1v) is 9.45. The largest absolute Gasteiger partial charge is 0.491 e. The van der Waals surface area contributed by atoms with Gasteiger partial charge in [-0.25, -0.2) is 0 Å². The molecule has 7 nitrogen and oxygen atoms in total. The Morgan fingerprint density at radius 3 is 2.44 bits per heavy atom. The number of aromatic nitrogens is 3. The number of aryl methyl sites for hydroxylation is 1. The van der Waals surface area contributed by atoms with Gasteiger partial charge < -0.3 is 15.0 Å². The van der Waals surface area contributed by atoms with Gasteiger partial charge in [-0.05, 0) is 51.0 Å². The van der Waals surface area contributed by atoms with Gasteiger partial charge in [0.2, 0.25) is 5.91 Å². The average Bonchev–Trinajstić information content (AvgIpc) is 2.67. The summed E-state index contributed by atoms with van der Waals surface area (Å²) in [6, 6.07) is 7.47. The molecular weight excluding hydrogens is 344 g/mol. The number of nitrogens with zero attached hydrogens (tertiary/aromatic N) is 2. The second-order valence-electron chi connectivity index (χ2n) is 6.69. The van der Waals surface area contributed by atoms with Crippen molar-refractivity contribution >= 4 is 5.91 Å². The van der Waals surface area contributed by atoms with Crippen LogP contribution in [-0.4, -0.2) is 33.2 Å². The van der Waals surface area contributed by atoms with Crippen molar-refractivity contribution in [1.29, 1.82) is 0 Å². The van der Waals surface area contributed by atoms with E-state index in [9.17, 15) is 9.59 Å². The molecule has 7 heteroatoms. The van der Waals surface area contributed by atoms with Crippen LogP contribution >= 0.6 is 0 Å². The average molecular weight is 372 g/mol. The predicted octanol–water partition coefficient (Wildman–Crippen LogP) is 2.86. The molecule has 2 atom stereocenters. The van der Waals surface area contributed by atoms with Gasteiger partial charge in [0.25, 0.3) is 5.56 Å². The molecule has 0 spiro atoms. The van der Waals surface area contributed by atoms with E-state index in [0.29, 0.717) is 5.82 Å². The first kappa shape index (κ1) is 20.6. The standard InChI is InChI=1S/C20H28N4O3/c1-5-13(3)21-18(25)12-11-17-20(26)22-19(24-23-17)15-7-9-16(10-8-15)27-14(4)6-2/h7-10,13-14H,5-6,11-12H2,1-4H3,(H,21,25)(H,22,24,26)/t13-,14+/m0/s1. The van der Waals surface area contributed by atoms with Crippen LogP contribution in [-0.2, 0) is 11.2 Å². The maximum absolute atomic E-state index is 12.2. The van der Waals surface area contributed by atoms with Gasteiger partial charge in [0.1, 0.15) is 11.4 Å². The Hall–Kier alpha value is -2.70. The summed E-state index contributed by atoms with van der Waals surface area (Å²) in [5, 5.41) is 11.0. The molecule has 0 fully saturated rings. The summed E-state index contributed by atoms with van der Waals surface area (Å²) in [6.07, 6.45) is 2.40.